The number of hydrogen-bond acceptors (Lipinski definition) is 2. The molecule has 0 radical (unpaired) electrons. The second-order valence-corrected chi connectivity index (χ2v) is 5.56. The number of benzene rings is 1. The van der Waals surface area contributed by atoms with Crippen LogP contribution in [-0.4, -0.2) is 26.9 Å². The number of aryl methyl sites for hydroxylation is 2. The molecule has 110 valence electrons. The topological polar surface area (TPSA) is 38.1 Å². The number of rotatable bonds is 1. The minimum absolute atomic E-state index is 0.0464. The molecule has 21 heavy (non-hydrogen) atoms. The second kappa shape index (κ2) is 4.98. The van der Waals surface area contributed by atoms with Gasteiger partial charge in [0.25, 0.3) is 5.91 Å². The molecule has 0 unspecified atom stereocenters. The molecule has 0 saturated carbocycles. The monoisotopic (exact) mass is 287 g/mol. The van der Waals surface area contributed by atoms with E-state index in [1.165, 1.54) is 12.1 Å². The molecule has 3 rings (SSSR count). The number of nitrogens with zero attached hydrogens (tertiary/aromatic N) is 3. The molecule has 2 heterocycles. The summed E-state index contributed by atoms with van der Waals surface area (Å²) in [6, 6.07) is 4.70. The van der Waals surface area contributed by atoms with E-state index < -0.39 is 0 Å². The number of carbonyl (C=O) groups excluding carboxylic acids is 1. The van der Waals surface area contributed by atoms with Gasteiger partial charge in [-0.15, -0.1) is 0 Å². The smallest absolute Gasteiger partial charge is 0.272 e. The van der Waals surface area contributed by atoms with Gasteiger partial charge in [0.2, 0.25) is 0 Å². The number of halogens is 1. The summed E-state index contributed by atoms with van der Waals surface area (Å²) in [5.41, 5.74) is 3.34. The van der Waals surface area contributed by atoms with Gasteiger partial charge in [-0.25, -0.2) is 9.37 Å². The van der Waals surface area contributed by atoms with Gasteiger partial charge in [0.1, 0.15) is 11.5 Å². The maximum atomic E-state index is 13.5. The van der Waals surface area contributed by atoms with Gasteiger partial charge in [-0.2, -0.15) is 0 Å². The fourth-order valence-electron chi connectivity index (χ4n) is 3.05. The van der Waals surface area contributed by atoms with Gasteiger partial charge in [-0.05, 0) is 43.5 Å². The third kappa shape index (κ3) is 2.22. The molecule has 2 aromatic rings. The van der Waals surface area contributed by atoms with Crippen LogP contribution in [0.15, 0.2) is 24.5 Å². The summed E-state index contributed by atoms with van der Waals surface area (Å²) in [5, 5.41) is 0. The predicted molar refractivity (Wildman–Crippen MR) is 77.5 cm³/mol. The number of fused-ring (bicyclic) bond motifs is 1. The van der Waals surface area contributed by atoms with Gasteiger partial charge in [0.15, 0.2) is 0 Å². The van der Waals surface area contributed by atoms with Crippen molar-refractivity contribution in [2.45, 2.75) is 26.3 Å². The maximum absolute atomic E-state index is 13.5. The molecule has 1 amide bonds. The fourth-order valence-corrected chi connectivity index (χ4v) is 3.05. The van der Waals surface area contributed by atoms with Gasteiger partial charge >= 0.3 is 0 Å². The van der Waals surface area contributed by atoms with Crippen molar-refractivity contribution in [2.24, 2.45) is 7.05 Å². The third-order valence-electron chi connectivity index (χ3n) is 4.23. The highest BCUT2D eigenvalue weighted by molar-refractivity contribution is 5.94. The van der Waals surface area contributed by atoms with Gasteiger partial charge in [-0.1, -0.05) is 6.07 Å². The van der Waals surface area contributed by atoms with Crippen LogP contribution < -0.4 is 0 Å². The van der Waals surface area contributed by atoms with Crippen LogP contribution in [-0.2, 0) is 13.5 Å². The van der Waals surface area contributed by atoms with Crippen molar-refractivity contribution >= 4 is 5.91 Å². The first-order chi connectivity index (χ1) is 9.99. The van der Waals surface area contributed by atoms with E-state index >= 15 is 0 Å². The zero-order valence-corrected chi connectivity index (χ0v) is 12.4. The van der Waals surface area contributed by atoms with Gasteiger partial charge in [0, 0.05) is 13.6 Å². The van der Waals surface area contributed by atoms with Gasteiger partial charge < -0.3 is 9.47 Å². The summed E-state index contributed by atoms with van der Waals surface area (Å²) in [7, 11) is 1.81. The Balaban J connectivity index is 1.96. The molecule has 0 fully saturated rings. The number of amides is 1. The van der Waals surface area contributed by atoms with Crippen molar-refractivity contribution in [1.29, 1.82) is 0 Å². The lowest BCUT2D eigenvalue weighted by Crippen LogP contribution is -2.40. The standard InChI is InChI=1S/C16H18FN3O/c1-10-15(19(3)9-18-10)16(21)20-7-6-12-4-5-13(17)8-14(12)11(20)2/h4-5,8-9,11H,6-7H2,1-3H3/t11-/m1/s1. The van der Waals surface area contributed by atoms with E-state index in [2.05, 4.69) is 4.98 Å². The van der Waals surface area contributed by atoms with Crippen LogP contribution in [0.5, 0.6) is 0 Å². The Hall–Kier alpha value is -2.17. The lowest BCUT2D eigenvalue weighted by Gasteiger charge is -2.35. The summed E-state index contributed by atoms with van der Waals surface area (Å²) < 4.78 is 15.2. The molecule has 4 nitrogen and oxygen atoms in total. The molecule has 1 aliphatic rings. The largest absolute Gasteiger partial charge is 0.330 e. The highest BCUT2D eigenvalue weighted by Gasteiger charge is 2.30. The molecule has 5 heteroatoms. The summed E-state index contributed by atoms with van der Waals surface area (Å²) in [6.07, 6.45) is 2.40. The van der Waals surface area contributed by atoms with E-state index in [9.17, 15) is 9.18 Å². The lowest BCUT2D eigenvalue weighted by atomic mass is 9.93. The van der Waals surface area contributed by atoms with E-state index in [0.29, 0.717) is 12.2 Å². The van der Waals surface area contributed by atoms with Crippen molar-refractivity contribution < 1.29 is 9.18 Å². The number of hydrogen-bond donors (Lipinski definition) is 0. The Morgan fingerprint density at radius 3 is 2.86 bits per heavy atom. The molecule has 1 atom stereocenters. The molecule has 0 spiro atoms. The van der Waals surface area contributed by atoms with E-state index in [4.69, 9.17) is 0 Å². The first-order valence-electron chi connectivity index (χ1n) is 7.06. The lowest BCUT2D eigenvalue weighted by molar-refractivity contribution is 0.0666. The van der Waals surface area contributed by atoms with Crippen LogP contribution >= 0.6 is 0 Å². The zero-order chi connectivity index (χ0) is 15.1. The molecule has 1 aliphatic heterocycles. The second-order valence-electron chi connectivity index (χ2n) is 5.56. The minimum Gasteiger partial charge on any atom is -0.330 e. The molecule has 1 aromatic carbocycles. The quantitative estimate of drug-likeness (QED) is 0.808. The fraction of sp³-hybridized carbons (Fsp3) is 0.375. The minimum atomic E-state index is -0.258. The van der Waals surface area contributed by atoms with Crippen molar-refractivity contribution in [1.82, 2.24) is 14.5 Å². The van der Waals surface area contributed by atoms with Crippen LogP contribution in [0.4, 0.5) is 4.39 Å². The average Bonchev–Trinajstić information content (AvgIpc) is 2.78. The zero-order valence-electron chi connectivity index (χ0n) is 12.4. The number of imidazole rings is 1. The molecule has 0 N–H and O–H groups in total. The van der Waals surface area contributed by atoms with E-state index in [1.54, 1.807) is 15.8 Å². The van der Waals surface area contributed by atoms with Crippen molar-refractivity contribution in [3.63, 3.8) is 0 Å². The molecule has 0 aliphatic carbocycles. The Morgan fingerprint density at radius 1 is 1.43 bits per heavy atom. The highest BCUT2D eigenvalue weighted by Crippen LogP contribution is 2.31. The van der Waals surface area contributed by atoms with Crippen LogP contribution in [0, 0.1) is 12.7 Å². The number of carbonyl (C=O) groups is 1. The Morgan fingerprint density at radius 2 is 2.19 bits per heavy atom. The van der Waals surface area contributed by atoms with Crippen LogP contribution in [0.25, 0.3) is 0 Å². The van der Waals surface area contributed by atoms with E-state index in [0.717, 1.165) is 23.2 Å². The van der Waals surface area contributed by atoms with Crippen LogP contribution in [0.1, 0.15) is 40.3 Å². The first kappa shape index (κ1) is 13.8. The normalized spacial score (nSPS) is 17.7. The van der Waals surface area contributed by atoms with Crippen molar-refractivity contribution in [3.8, 4) is 0 Å². The van der Waals surface area contributed by atoms with E-state index in [-0.39, 0.29) is 17.8 Å². The Kier molecular flexibility index (Phi) is 3.27. The molecule has 1 aromatic heterocycles. The number of aromatic nitrogens is 2. The van der Waals surface area contributed by atoms with Gasteiger partial charge in [0.05, 0.1) is 18.1 Å². The van der Waals surface area contributed by atoms with Crippen molar-refractivity contribution in [2.75, 3.05) is 6.54 Å². The summed E-state index contributed by atoms with van der Waals surface area (Å²) in [4.78, 5) is 18.7. The third-order valence-corrected chi connectivity index (χ3v) is 4.23. The molecule has 0 bridgehead atoms. The highest BCUT2D eigenvalue weighted by atomic mass is 19.1. The van der Waals surface area contributed by atoms with Crippen LogP contribution in [0.3, 0.4) is 0 Å². The maximum Gasteiger partial charge on any atom is 0.272 e. The Bertz CT molecular complexity index is 688. The van der Waals surface area contributed by atoms with Crippen LogP contribution in [0.2, 0.25) is 0 Å². The molecule has 0 saturated heterocycles. The van der Waals surface area contributed by atoms with E-state index in [1.807, 2.05) is 27.0 Å². The van der Waals surface area contributed by atoms with Gasteiger partial charge in [-0.3, -0.25) is 4.79 Å². The van der Waals surface area contributed by atoms with Crippen molar-refractivity contribution in [3.05, 3.63) is 52.9 Å². The SMILES string of the molecule is Cc1ncn(C)c1C(=O)N1CCc2ccc(F)cc2[C@H]1C. The summed E-state index contributed by atoms with van der Waals surface area (Å²) in [5.74, 6) is -0.304. The average molecular weight is 287 g/mol. The molecular formula is C16H18FN3O. The molecular weight excluding hydrogens is 269 g/mol. The summed E-state index contributed by atoms with van der Waals surface area (Å²) >= 11 is 0. The first-order valence-corrected chi connectivity index (χ1v) is 7.06. The summed E-state index contributed by atoms with van der Waals surface area (Å²) in [6.45, 7) is 4.42. The Labute approximate surface area is 123 Å². The predicted octanol–water partition coefficient (Wildman–Crippen LogP) is 2.63.